The molecule has 2 aliphatic heterocycles. The van der Waals surface area contributed by atoms with Gasteiger partial charge in [-0.3, -0.25) is 14.5 Å². The molecule has 0 aliphatic carbocycles. The van der Waals surface area contributed by atoms with Gasteiger partial charge >= 0.3 is 0 Å². The fraction of sp³-hybridized carbons (Fsp3) is 0.273. The zero-order chi connectivity index (χ0) is 12.0. The van der Waals surface area contributed by atoms with Crippen LogP contribution in [0.15, 0.2) is 40.7 Å². The summed E-state index contributed by atoms with van der Waals surface area (Å²) in [6, 6.07) is 7.94. The number of carbonyl (C=O) groups excluding carboxylic acids is 2. The van der Waals surface area contributed by atoms with E-state index in [0.717, 1.165) is 10.6 Å². The molecule has 0 radical (unpaired) electrons. The molecule has 1 aromatic carbocycles. The van der Waals surface area contributed by atoms with Gasteiger partial charge in [0, 0.05) is 7.05 Å². The van der Waals surface area contributed by atoms with Crippen LogP contribution >= 0.6 is 0 Å². The Kier molecular flexibility index (Phi) is 1.98. The van der Waals surface area contributed by atoms with Crippen LogP contribution in [-0.2, 0) is 9.59 Å². The first kappa shape index (κ1) is 9.95. The van der Waals surface area contributed by atoms with Crippen LogP contribution in [0.25, 0.3) is 0 Å². The van der Waals surface area contributed by atoms with Crippen LogP contribution in [-0.4, -0.2) is 35.8 Å². The topological polar surface area (TPSA) is 65.3 Å². The number of hydrogen-bond donors (Lipinski definition) is 0. The molecule has 0 spiro atoms. The SMILES string of the molecule is CN1C(=O)[C@@H]2[C@@H](N=NN2c2ccccc2)C1=O. The second kappa shape index (κ2) is 3.38. The third-order valence-electron chi connectivity index (χ3n) is 3.02. The molecule has 1 fully saturated rings. The summed E-state index contributed by atoms with van der Waals surface area (Å²) in [4.78, 5) is 24.7. The second-order valence-corrected chi connectivity index (χ2v) is 4.01. The predicted molar refractivity (Wildman–Crippen MR) is 59.1 cm³/mol. The Labute approximate surface area is 97.5 Å². The Morgan fingerprint density at radius 1 is 1.12 bits per heavy atom. The second-order valence-electron chi connectivity index (χ2n) is 4.01. The maximum absolute atomic E-state index is 11.9. The zero-order valence-corrected chi connectivity index (χ0v) is 9.15. The number of amides is 2. The van der Waals surface area contributed by atoms with Crippen molar-refractivity contribution >= 4 is 17.5 Å². The molecular formula is C11H10N4O2. The molecule has 0 N–H and O–H groups in total. The molecule has 3 rings (SSSR count). The standard InChI is InChI=1S/C11H10N4O2/c1-14-10(16)8-9(11(14)17)15(13-12-8)7-5-3-2-4-6-7/h2-6,8-9H,1H3/t8-,9+/m1/s1. The van der Waals surface area contributed by atoms with Crippen molar-refractivity contribution in [2.45, 2.75) is 12.1 Å². The minimum Gasteiger partial charge on any atom is -0.282 e. The number of benzene rings is 1. The Morgan fingerprint density at radius 3 is 2.53 bits per heavy atom. The Hall–Kier alpha value is -2.24. The van der Waals surface area contributed by atoms with Crippen molar-refractivity contribution in [2.24, 2.45) is 10.3 Å². The number of fused-ring (bicyclic) bond motifs is 1. The third kappa shape index (κ3) is 1.27. The molecule has 2 heterocycles. The molecule has 6 heteroatoms. The summed E-state index contributed by atoms with van der Waals surface area (Å²) in [5, 5.41) is 9.30. The highest BCUT2D eigenvalue weighted by Gasteiger charge is 2.53. The van der Waals surface area contributed by atoms with Crippen LogP contribution in [0.1, 0.15) is 0 Å². The van der Waals surface area contributed by atoms with Gasteiger partial charge in [-0.1, -0.05) is 23.4 Å². The fourth-order valence-electron chi connectivity index (χ4n) is 2.09. The van der Waals surface area contributed by atoms with Crippen molar-refractivity contribution in [1.29, 1.82) is 0 Å². The average Bonchev–Trinajstić information content (AvgIpc) is 2.88. The summed E-state index contributed by atoms with van der Waals surface area (Å²) < 4.78 is 0. The summed E-state index contributed by atoms with van der Waals surface area (Å²) in [5.41, 5.74) is 0.764. The number of imide groups is 1. The lowest BCUT2D eigenvalue weighted by Crippen LogP contribution is -2.38. The van der Waals surface area contributed by atoms with Crippen molar-refractivity contribution in [3.05, 3.63) is 30.3 Å². The van der Waals surface area contributed by atoms with E-state index in [1.165, 1.54) is 12.1 Å². The molecule has 17 heavy (non-hydrogen) atoms. The van der Waals surface area contributed by atoms with Gasteiger partial charge in [0.05, 0.1) is 5.69 Å². The van der Waals surface area contributed by atoms with Gasteiger partial charge in [0.25, 0.3) is 11.8 Å². The van der Waals surface area contributed by atoms with Crippen molar-refractivity contribution in [1.82, 2.24) is 4.90 Å². The normalized spacial score (nSPS) is 26.9. The number of anilines is 1. The van der Waals surface area contributed by atoms with E-state index >= 15 is 0 Å². The smallest absolute Gasteiger partial charge is 0.258 e. The summed E-state index contributed by atoms with van der Waals surface area (Å²) >= 11 is 0. The van der Waals surface area contributed by atoms with E-state index in [0.29, 0.717) is 0 Å². The number of nitrogens with zero attached hydrogens (tertiary/aromatic N) is 4. The van der Waals surface area contributed by atoms with Crippen molar-refractivity contribution in [3.8, 4) is 0 Å². The van der Waals surface area contributed by atoms with Gasteiger partial charge in [-0.2, -0.15) is 5.11 Å². The van der Waals surface area contributed by atoms with Crippen LogP contribution in [0, 0.1) is 0 Å². The molecule has 2 atom stereocenters. The monoisotopic (exact) mass is 230 g/mol. The minimum atomic E-state index is -0.687. The summed E-state index contributed by atoms with van der Waals surface area (Å²) in [6.07, 6.45) is 0. The van der Waals surface area contributed by atoms with Gasteiger partial charge in [0.1, 0.15) is 0 Å². The molecule has 1 aromatic rings. The first-order valence-electron chi connectivity index (χ1n) is 5.26. The highest BCUT2D eigenvalue weighted by Crippen LogP contribution is 2.31. The lowest BCUT2D eigenvalue weighted by Gasteiger charge is -2.18. The van der Waals surface area contributed by atoms with Crippen molar-refractivity contribution in [3.63, 3.8) is 0 Å². The number of para-hydroxylation sites is 1. The highest BCUT2D eigenvalue weighted by atomic mass is 16.2. The molecule has 86 valence electrons. The summed E-state index contributed by atoms with van der Waals surface area (Å²) in [7, 11) is 1.47. The molecule has 6 nitrogen and oxygen atoms in total. The maximum atomic E-state index is 11.9. The van der Waals surface area contributed by atoms with Crippen molar-refractivity contribution in [2.75, 3.05) is 12.1 Å². The van der Waals surface area contributed by atoms with Crippen LogP contribution in [0.2, 0.25) is 0 Å². The Balaban J connectivity index is 1.99. The van der Waals surface area contributed by atoms with E-state index in [1.807, 2.05) is 30.3 Å². The molecular weight excluding hydrogens is 220 g/mol. The van der Waals surface area contributed by atoms with Gasteiger partial charge in [-0.05, 0) is 12.1 Å². The highest BCUT2D eigenvalue weighted by molar-refractivity contribution is 6.10. The minimum absolute atomic E-state index is 0.256. The van der Waals surface area contributed by atoms with Gasteiger partial charge in [0.2, 0.25) is 0 Å². The first-order chi connectivity index (χ1) is 8.20. The van der Waals surface area contributed by atoms with E-state index in [1.54, 1.807) is 0 Å². The maximum Gasteiger partial charge on any atom is 0.258 e. The lowest BCUT2D eigenvalue weighted by molar-refractivity contribution is -0.137. The van der Waals surface area contributed by atoms with Crippen LogP contribution < -0.4 is 5.01 Å². The Morgan fingerprint density at radius 2 is 1.82 bits per heavy atom. The summed E-state index contributed by atoms with van der Waals surface area (Å²) in [5.74, 6) is -0.545. The number of rotatable bonds is 1. The number of likely N-dealkylation sites (N-methyl/N-ethyl adjacent to an activating group) is 1. The molecule has 0 unspecified atom stereocenters. The quantitative estimate of drug-likeness (QED) is 0.664. The van der Waals surface area contributed by atoms with Gasteiger partial charge in [0.15, 0.2) is 12.1 Å². The Bertz CT molecular complexity index is 513. The van der Waals surface area contributed by atoms with E-state index in [2.05, 4.69) is 10.3 Å². The van der Waals surface area contributed by atoms with Crippen LogP contribution in [0.4, 0.5) is 5.69 Å². The van der Waals surface area contributed by atoms with E-state index in [4.69, 9.17) is 0 Å². The zero-order valence-electron chi connectivity index (χ0n) is 9.15. The van der Waals surface area contributed by atoms with E-state index in [9.17, 15) is 9.59 Å². The summed E-state index contributed by atoms with van der Waals surface area (Å²) in [6.45, 7) is 0. The van der Waals surface area contributed by atoms with Crippen LogP contribution in [0.5, 0.6) is 0 Å². The fourth-order valence-corrected chi connectivity index (χ4v) is 2.09. The largest absolute Gasteiger partial charge is 0.282 e. The van der Waals surface area contributed by atoms with Gasteiger partial charge in [-0.15, -0.1) is 0 Å². The molecule has 2 amide bonds. The van der Waals surface area contributed by atoms with E-state index < -0.39 is 12.1 Å². The molecule has 2 aliphatic rings. The predicted octanol–water partition coefficient (Wildman–Crippen LogP) is 0.610. The molecule has 1 saturated heterocycles. The molecule has 0 bridgehead atoms. The van der Waals surface area contributed by atoms with Crippen molar-refractivity contribution < 1.29 is 9.59 Å². The number of hydrogen-bond acceptors (Lipinski definition) is 5. The first-order valence-corrected chi connectivity index (χ1v) is 5.26. The lowest BCUT2D eigenvalue weighted by atomic mass is 10.1. The molecule has 0 aromatic heterocycles. The number of likely N-dealkylation sites (tertiary alicyclic amines) is 1. The van der Waals surface area contributed by atoms with Gasteiger partial charge in [-0.25, -0.2) is 5.01 Å². The number of carbonyl (C=O) groups is 2. The molecule has 0 saturated carbocycles. The average molecular weight is 230 g/mol. The van der Waals surface area contributed by atoms with Gasteiger partial charge < -0.3 is 0 Å². The third-order valence-corrected chi connectivity index (χ3v) is 3.02. The van der Waals surface area contributed by atoms with E-state index in [-0.39, 0.29) is 11.8 Å². The van der Waals surface area contributed by atoms with Crippen LogP contribution in [0.3, 0.4) is 0 Å².